The molecule has 0 radical (unpaired) electrons. The van der Waals surface area contributed by atoms with Crippen LogP contribution in [0.1, 0.15) is 37.6 Å². The van der Waals surface area contributed by atoms with Crippen molar-refractivity contribution in [1.82, 2.24) is 24.6 Å². The zero-order valence-corrected chi connectivity index (χ0v) is 26.6. The number of anilines is 2. The van der Waals surface area contributed by atoms with Gasteiger partial charge in [-0.05, 0) is 18.2 Å². The molecule has 1 atom stereocenters. The highest BCUT2D eigenvalue weighted by molar-refractivity contribution is 7.09. The molecule has 2 aromatic carbocycles. The van der Waals surface area contributed by atoms with Crippen molar-refractivity contribution in [2.24, 2.45) is 0 Å². The van der Waals surface area contributed by atoms with Gasteiger partial charge in [0.25, 0.3) is 0 Å². The average molecular weight is 628 g/mol. The van der Waals surface area contributed by atoms with E-state index in [2.05, 4.69) is 46.3 Å². The van der Waals surface area contributed by atoms with Crippen LogP contribution >= 0.6 is 11.3 Å². The number of amides is 2. The first kappa shape index (κ1) is 30.5. The molecule has 1 saturated heterocycles. The lowest BCUT2D eigenvalue weighted by molar-refractivity contribution is -0.0329. The van der Waals surface area contributed by atoms with E-state index in [0.29, 0.717) is 36.3 Å². The van der Waals surface area contributed by atoms with E-state index in [-0.39, 0.29) is 17.6 Å². The van der Waals surface area contributed by atoms with E-state index in [1.165, 1.54) is 0 Å². The summed E-state index contributed by atoms with van der Waals surface area (Å²) in [4.78, 5) is 24.4. The number of aromatic nitrogens is 4. The third-order valence-corrected chi connectivity index (χ3v) is 8.44. The molecule has 5 aromatic rings. The van der Waals surface area contributed by atoms with Gasteiger partial charge in [-0.3, -0.25) is 10.2 Å². The Morgan fingerprint density at radius 2 is 1.93 bits per heavy atom. The van der Waals surface area contributed by atoms with Gasteiger partial charge in [0.2, 0.25) is 5.88 Å². The highest BCUT2D eigenvalue weighted by atomic mass is 32.1. The van der Waals surface area contributed by atoms with Crippen LogP contribution in [0, 0.1) is 0 Å². The van der Waals surface area contributed by atoms with E-state index >= 15 is 0 Å². The Kier molecular flexibility index (Phi) is 8.97. The maximum Gasteiger partial charge on any atom is 0.324 e. The number of benzene rings is 2. The van der Waals surface area contributed by atoms with Gasteiger partial charge >= 0.3 is 6.03 Å². The highest BCUT2D eigenvalue weighted by Gasteiger charge is 2.24. The number of fused-ring (bicyclic) bond motifs is 1. The van der Waals surface area contributed by atoms with Crippen LogP contribution in [0.15, 0.2) is 72.4 Å². The van der Waals surface area contributed by atoms with Crippen molar-refractivity contribution in [3.05, 3.63) is 83.1 Å². The van der Waals surface area contributed by atoms with Gasteiger partial charge in [0.15, 0.2) is 0 Å². The van der Waals surface area contributed by atoms with E-state index in [1.807, 2.05) is 60.1 Å². The van der Waals surface area contributed by atoms with E-state index in [9.17, 15) is 4.79 Å². The fraction of sp³-hybridized carbons (Fsp3) is 0.333. The van der Waals surface area contributed by atoms with Crippen LogP contribution in [0.25, 0.3) is 16.5 Å². The van der Waals surface area contributed by atoms with E-state index in [1.54, 1.807) is 35.4 Å². The topological polar surface area (TPSA) is 116 Å². The Bertz CT molecular complexity index is 1750. The number of urea groups is 1. The molecule has 0 bridgehead atoms. The molecular formula is C33H37N7O4S. The first-order chi connectivity index (χ1) is 21.8. The van der Waals surface area contributed by atoms with E-state index < -0.39 is 0 Å². The maximum atomic E-state index is 13.4. The number of pyridine rings is 1. The molecule has 3 aromatic heterocycles. The van der Waals surface area contributed by atoms with Crippen LogP contribution in [0.3, 0.4) is 0 Å². The number of rotatable bonds is 9. The fourth-order valence-corrected chi connectivity index (χ4v) is 5.84. The van der Waals surface area contributed by atoms with Crippen molar-refractivity contribution in [3.8, 4) is 17.3 Å². The van der Waals surface area contributed by atoms with Crippen LogP contribution in [0.5, 0.6) is 11.6 Å². The number of carbonyl (C=O) groups is 1. The highest BCUT2D eigenvalue weighted by Crippen LogP contribution is 2.33. The quantitative estimate of drug-likeness (QED) is 0.196. The molecule has 234 valence electrons. The zero-order chi connectivity index (χ0) is 31.4. The van der Waals surface area contributed by atoms with Crippen molar-refractivity contribution in [2.45, 2.75) is 32.3 Å². The van der Waals surface area contributed by atoms with E-state index in [0.717, 1.165) is 46.9 Å². The minimum absolute atomic E-state index is 0.00245. The van der Waals surface area contributed by atoms with Crippen LogP contribution in [0.2, 0.25) is 0 Å². The summed E-state index contributed by atoms with van der Waals surface area (Å²) < 4.78 is 19.1. The van der Waals surface area contributed by atoms with E-state index in [4.69, 9.17) is 19.3 Å². The normalized spacial score (nSPS) is 15.6. The van der Waals surface area contributed by atoms with Gasteiger partial charge in [-0.25, -0.2) is 19.4 Å². The lowest BCUT2D eigenvalue weighted by Crippen LogP contribution is -2.40. The van der Waals surface area contributed by atoms with Gasteiger partial charge in [-0.2, -0.15) is 5.10 Å². The standard InChI is InChI=1S/C33H37N7O4S/c1-33(2,3)28-19-29(40(38-28)22-9-12-30(42-4)35-20-22)37-32(41)36-25-10-11-26(24-8-6-5-7-23(24)25)43-16-14-39-15-17-44-27(21-39)31-34-13-18-45-31/h5-13,18-20,27H,14-17,21H2,1-4H3,(H2,36,37,41). The lowest BCUT2D eigenvalue weighted by atomic mass is 9.92. The molecule has 12 heteroatoms. The number of methoxy groups -OCH3 is 1. The van der Waals surface area contributed by atoms with Crippen molar-refractivity contribution in [3.63, 3.8) is 0 Å². The van der Waals surface area contributed by atoms with Crippen LogP contribution in [-0.4, -0.2) is 70.6 Å². The summed E-state index contributed by atoms with van der Waals surface area (Å²) in [6, 6.07) is 16.8. The Labute approximate surface area is 266 Å². The molecule has 11 nitrogen and oxygen atoms in total. The molecule has 6 rings (SSSR count). The number of hydrogen-bond acceptors (Lipinski definition) is 9. The molecule has 1 aliphatic rings. The van der Waals surface area contributed by atoms with Crippen molar-refractivity contribution < 1.29 is 19.0 Å². The van der Waals surface area contributed by atoms with Crippen LogP contribution < -0.4 is 20.1 Å². The molecule has 1 aliphatic heterocycles. The van der Waals surface area contributed by atoms with Gasteiger partial charge < -0.3 is 19.5 Å². The minimum Gasteiger partial charge on any atom is -0.492 e. The minimum atomic E-state index is -0.390. The first-order valence-corrected chi connectivity index (χ1v) is 15.7. The zero-order valence-electron chi connectivity index (χ0n) is 25.8. The van der Waals surface area contributed by atoms with Gasteiger partial charge in [0, 0.05) is 59.5 Å². The Hall–Kier alpha value is -4.52. The Morgan fingerprint density at radius 3 is 2.67 bits per heavy atom. The van der Waals surface area contributed by atoms with Gasteiger partial charge in [0.05, 0.1) is 37.0 Å². The molecule has 45 heavy (non-hydrogen) atoms. The number of ether oxygens (including phenoxy) is 3. The summed E-state index contributed by atoms with van der Waals surface area (Å²) in [6.45, 7) is 9.85. The molecule has 0 saturated carbocycles. The van der Waals surface area contributed by atoms with Gasteiger partial charge in [0.1, 0.15) is 29.3 Å². The van der Waals surface area contributed by atoms with Gasteiger partial charge in [-0.15, -0.1) is 11.3 Å². The average Bonchev–Trinajstić information content (AvgIpc) is 3.73. The monoisotopic (exact) mass is 627 g/mol. The second kappa shape index (κ2) is 13.2. The predicted molar refractivity (Wildman–Crippen MR) is 176 cm³/mol. The number of nitrogens with zero attached hydrogens (tertiary/aromatic N) is 5. The van der Waals surface area contributed by atoms with Crippen molar-refractivity contribution in [1.29, 1.82) is 0 Å². The number of hydrogen-bond donors (Lipinski definition) is 2. The molecule has 1 unspecified atom stereocenters. The van der Waals surface area contributed by atoms with Crippen molar-refractivity contribution >= 4 is 39.6 Å². The largest absolute Gasteiger partial charge is 0.492 e. The summed E-state index contributed by atoms with van der Waals surface area (Å²) >= 11 is 1.62. The Morgan fingerprint density at radius 1 is 1.09 bits per heavy atom. The van der Waals surface area contributed by atoms with Gasteiger partial charge in [-0.1, -0.05) is 45.0 Å². The summed E-state index contributed by atoms with van der Waals surface area (Å²) in [5, 5.41) is 15.6. The van der Waals surface area contributed by atoms with Crippen LogP contribution in [-0.2, 0) is 10.2 Å². The first-order valence-electron chi connectivity index (χ1n) is 14.9. The second-order valence-electron chi connectivity index (χ2n) is 11.8. The van der Waals surface area contributed by atoms with Crippen molar-refractivity contribution in [2.75, 3.05) is 50.6 Å². The summed E-state index contributed by atoms with van der Waals surface area (Å²) in [6.07, 6.45) is 3.48. The number of morpholine rings is 1. The molecule has 0 spiro atoms. The Balaban J connectivity index is 1.14. The number of carbonyl (C=O) groups excluding carboxylic acids is 1. The summed E-state index contributed by atoms with van der Waals surface area (Å²) in [5.41, 5.74) is 1.97. The fourth-order valence-electron chi connectivity index (χ4n) is 5.16. The lowest BCUT2D eigenvalue weighted by Gasteiger charge is -2.31. The number of nitrogens with one attached hydrogen (secondary N) is 2. The molecule has 2 amide bonds. The maximum absolute atomic E-state index is 13.4. The molecule has 2 N–H and O–H groups in total. The molecule has 0 aliphatic carbocycles. The second-order valence-corrected chi connectivity index (χ2v) is 12.7. The summed E-state index contributed by atoms with van der Waals surface area (Å²) in [5.74, 6) is 1.78. The third-order valence-electron chi connectivity index (χ3n) is 7.57. The predicted octanol–water partition coefficient (Wildman–Crippen LogP) is 6.28. The van der Waals surface area contributed by atoms with Crippen LogP contribution in [0.4, 0.5) is 16.3 Å². The SMILES string of the molecule is COc1ccc(-n2nc(C(C)(C)C)cc2NC(=O)Nc2ccc(OCCN3CCOC(c4nccs4)C3)c3ccccc23)cn1. The summed E-state index contributed by atoms with van der Waals surface area (Å²) in [7, 11) is 1.57. The molecule has 1 fully saturated rings. The molecule has 4 heterocycles. The number of thiazole rings is 1. The molecular weight excluding hydrogens is 590 g/mol. The smallest absolute Gasteiger partial charge is 0.324 e. The third kappa shape index (κ3) is 7.08.